The Labute approximate surface area is 181 Å². The highest BCUT2D eigenvalue weighted by atomic mass is 16.5. The number of aromatic hydroxyl groups is 1. The van der Waals surface area contributed by atoms with E-state index in [2.05, 4.69) is 6.07 Å². The second kappa shape index (κ2) is 8.68. The maximum Gasteiger partial charge on any atom is 0.253 e. The van der Waals surface area contributed by atoms with E-state index in [0.29, 0.717) is 31.7 Å². The Morgan fingerprint density at radius 1 is 0.871 bits per heavy atom. The van der Waals surface area contributed by atoms with Crippen LogP contribution >= 0.6 is 0 Å². The van der Waals surface area contributed by atoms with Gasteiger partial charge in [-0.15, -0.1) is 0 Å². The second-order valence-electron chi connectivity index (χ2n) is 7.86. The number of hydrogen-bond acceptors (Lipinski definition) is 4. The van der Waals surface area contributed by atoms with E-state index in [4.69, 9.17) is 4.74 Å². The zero-order valence-electron chi connectivity index (χ0n) is 17.7. The number of benzene rings is 3. The molecule has 1 aliphatic rings. The lowest BCUT2D eigenvalue weighted by Gasteiger charge is -2.36. The maximum atomic E-state index is 13.1. The molecule has 3 aromatic rings. The first-order chi connectivity index (χ1) is 15.0. The Hall–Kier alpha value is -3.54. The number of hydrogen-bond donors (Lipinski definition) is 1. The van der Waals surface area contributed by atoms with Gasteiger partial charge in [0.25, 0.3) is 5.91 Å². The Morgan fingerprint density at radius 2 is 1.48 bits per heavy atom. The number of nitrogens with zero attached hydrogens (tertiary/aromatic N) is 2. The van der Waals surface area contributed by atoms with Crippen LogP contribution in [-0.2, 0) is 4.79 Å². The van der Waals surface area contributed by atoms with E-state index in [1.807, 2.05) is 42.2 Å². The average Bonchev–Trinajstić information content (AvgIpc) is 2.82. The lowest BCUT2D eigenvalue weighted by molar-refractivity contribution is -0.133. The predicted molar refractivity (Wildman–Crippen MR) is 120 cm³/mol. The molecule has 0 bridgehead atoms. The Balaban J connectivity index is 1.40. The van der Waals surface area contributed by atoms with Crippen LogP contribution in [0.2, 0.25) is 0 Å². The number of phenolic OH excluding ortho intramolecular Hbond substituents is 1. The monoisotopic (exact) mass is 418 g/mol. The molecule has 1 saturated heterocycles. The van der Waals surface area contributed by atoms with E-state index in [9.17, 15) is 14.7 Å². The quantitative estimate of drug-likeness (QED) is 0.702. The molecule has 0 aromatic heterocycles. The molecule has 1 atom stereocenters. The number of rotatable bonds is 4. The van der Waals surface area contributed by atoms with Crippen molar-refractivity contribution in [2.45, 2.75) is 12.8 Å². The van der Waals surface area contributed by atoms with Gasteiger partial charge >= 0.3 is 0 Å². The zero-order chi connectivity index (χ0) is 22.0. The van der Waals surface area contributed by atoms with Gasteiger partial charge in [0.05, 0.1) is 13.0 Å². The molecule has 160 valence electrons. The molecule has 6 nitrogen and oxygen atoms in total. The highest BCUT2D eigenvalue weighted by Crippen LogP contribution is 2.26. The van der Waals surface area contributed by atoms with Gasteiger partial charge in [0.2, 0.25) is 5.91 Å². The van der Waals surface area contributed by atoms with Crippen LogP contribution in [-0.4, -0.2) is 60.0 Å². The van der Waals surface area contributed by atoms with Gasteiger partial charge in [-0.3, -0.25) is 9.59 Å². The van der Waals surface area contributed by atoms with Crippen LogP contribution < -0.4 is 4.74 Å². The molecule has 1 fully saturated rings. The van der Waals surface area contributed by atoms with Crippen molar-refractivity contribution in [2.24, 2.45) is 0 Å². The molecular formula is C25H26N2O4. The van der Waals surface area contributed by atoms with Crippen molar-refractivity contribution in [2.75, 3.05) is 33.3 Å². The summed E-state index contributed by atoms with van der Waals surface area (Å²) in [4.78, 5) is 29.3. The molecule has 1 aliphatic heterocycles. The van der Waals surface area contributed by atoms with Crippen LogP contribution in [0, 0.1) is 0 Å². The Bertz CT molecular complexity index is 1100. The van der Waals surface area contributed by atoms with Crippen molar-refractivity contribution in [3.05, 3.63) is 71.8 Å². The number of fused-ring (bicyclic) bond motifs is 1. The summed E-state index contributed by atoms with van der Waals surface area (Å²) >= 11 is 0. The van der Waals surface area contributed by atoms with Crippen molar-refractivity contribution in [1.82, 2.24) is 9.80 Å². The molecule has 0 radical (unpaired) electrons. The smallest absolute Gasteiger partial charge is 0.253 e. The van der Waals surface area contributed by atoms with Crippen LogP contribution in [0.25, 0.3) is 10.8 Å². The Morgan fingerprint density at radius 3 is 2.16 bits per heavy atom. The van der Waals surface area contributed by atoms with Crippen LogP contribution in [0.4, 0.5) is 0 Å². The van der Waals surface area contributed by atoms with E-state index in [-0.39, 0.29) is 23.5 Å². The fourth-order valence-electron chi connectivity index (χ4n) is 3.97. The van der Waals surface area contributed by atoms with Gasteiger partial charge in [-0.2, -0.15) is 0 Å². The van der Waals surface area contributed by atoms with E-state index >= 15 is 0 Å². The summed E-state index contributed by atoms with van der Waals surface area (Å²) in [5.41, 5.74) is 1.52. The first-order valence-corrected chi connectivity index (χ1v) is 10.4. The molecule has 3 aromatic carbocycles. The summed E-state index contributed by atoms with van der Waals surface area (Å²) in [5, 5.41) is 11.5. The number of carbonyl (C=O) groups excluding carboxylic acids is 2. The fourth-order valence-corrected chi connectivity index (χ4v) is 3.97. The minimum Gasteiger partial charge on any atom is -0.508 e. The number of ether oxygens (including phenoxy) is 1. The lowest BCUT2D eigenvalue weighted by Crippen LogP contribution is -2.51. The standard InChI is InChI=1S/C25H26N2O4/c1-17(19-3-4-21-16-23(31-2)10-7-20(21)15-19)24(29)26-11-13-27(14-12-26)25(30)18-5-8-22(28)9-6-18/h3-10,15-17,28H,11-14H2,1-2H3/t17-/m1/s1. The molecule has 0 unspecified atom stereocenters. The molecule has 31 heavy (non-hydrogen) atoms. The topological polar surface area (TPSA) is 70.1 Å². The van der Waals surface area contributed by atoms with Crippen LogP contribution in [0.5, 0.6) is 11.5 Å². The van der Waals surface area contributed by atoms with Crippen molar-refractivity contribution < 1.29 is 19.4 Å². The second-order valence-corrected chi connectivity index (χ2v) is 7.86. The fraction of sp³-hybridized carbons (Fsp3) is 0.280. The molecule has 0 spiro atoms. The third kappa shape index (κ3) is 4.33. The van der Waals surface area contributed by atoms with Crippen molar-refractivity contribution in [3.63, 3.8) is 0 Å². The van der Waals surface area contributed by atoms with Gasteiger partial charge in [-0.05, 0) is 59.7 Å². The van der Waals surface area contributed by atoms with Crippen molar-refractivity contribution >= 4 is 22.6 Å². The first-order valence-electron chi connectivity index (χ1n) is 10.4. The Kier molecular flexibility index (Phi) is 5.80. The zero-order valence-corrected chi connectivity index (χ0v) is 17.7. The summed E-state index contributed by atoms with van der Waals surface area (Å²) in [7, 11) is 1.65. The molecule has 2 amide bonds. The van der Waals surface area contributed by atoms with Crippen LogP contribution in [0.3, 0.4) is 0 Å². The SMILES string of the molecule is COc1ccc2cc([C@@H](C)C(=O)N3CCN(C(=O)c4ccc(O)cc4)CC3)ccc2c1. The van der Waals surface area contributed by atoms with Gasteiger partial charge in [0, 0.05) is 31.7 Å². The number of methoxy groups -OCH3 is 1. The molecule has 4 rings (SSSR count). The van der Waals surface area contributed by atoms with E-state index in [1.54, 1.807) is 24.1 Å². The molecule has 1 heterocycles. The third-order valence-corrected chi connectivity index (χ3v) is 5.93. The average molecular weight is 418 g/mol. The number of piperazine rings is 1. The summed E-state index contributed by atoms with van der Waals surface area (Å²) in [6, 6.07) is 18.2. The van der Waals surface area contributed by atoms with Crippen LogP contribution in [0.1, 0.15) is 28.8 Å². The molecule has 1 N–H and O–H groups in total. The van der Waals surface area contributed by atoms with Gasteiger partial charge in [0.15, 0.2) is 0 Å². The van der Waals surface area contributed by atoms with Gasteiger partial charge in [0.1, 0.15) is 11.5 Å². The van der Waals surface area contributed by atoms with E-state index in [1.165, 1.54) is 12.1 Å². The molecule has 6 heteroatoms. The number of amides is 2. The minimum absolute atomic E-state index is 0.0737. The van der Waals surface area contributed by atoms with E-state index < -0.39 is 0 Å². The third-order valence-electron chi connectivity index (χ3n) is 5.93. The highest BCUT2D eigenvalue weighted by molar-refractivity contribution is 5.94. The van der Waals surface area contributed by atoms with Gasteiger partial charge in [-0.1, -0.05) is 24.3 Å². The number of carbonyl (C=O) groups is 2. The normalized spacial score (nSPS) is 15.0. The van der Waals surface area contributed by atoms with Crippen molar-refractivity contribution in [1.29, 1.82) is 0 Å². The van der Waals surface area contributed by atoms with Crippen molar-refractivity contribution in [3.8, 4) is 11.5 Å². The number of phenols is 1. The highest BCUT2D eigenvalue weighted by Gasteiger charge is 2.28. The predicted octanol–water partition coefficient (Wildman–Crippen LogP) is 3.64. The molecule has 0 aliphatic carbocycles. The minimum atomic E-state index is -0.258. The summed E-state index contributed by atoms with van der Waals surface area (Å²) < 4.78 is 5.28. The summed E-state index contributed by atoms with van der Waals surface area (Å²) in [6.45, 7) is 3.95. The van der Waals surface area contributed by atoms with Gasteiger partial charge in [-0.25, -0.2) is 0 Å². The summed E-state index contributed by atoms with van der Waals surface area (Å²) in [6.07, 6.45) is 0. The van der Waals surface area contributed by atoms with Crippen LogP contribution in [0.15, 0.2) is 60.7 Å². The maximum absolute atomic E-state index is 13.1. The molecular weight excluding hydrogens is 392 g/mol. The summed E-state index contributed by atoms with van der Waals surface area (Å²) in [5.74, 6) is 0.679. The lowest BCUT2D eigenvalue weighted by atomic mass is 9.96. The van der Waals surface area contributed by atoms with Gasteiger partial charge < -0.3 is 19.6 Å². The largest absolute Gasteiger partial charge is 0.508 e. The van der Waals surface area contributed by atoms with E-state index in [0.717, 1.165) is 22.1 Å². The first kappa shape index (κ1) is 20.7. The molecule has 0 saturated carbocycles.